The van der Waals surface area contributed by atoms with Crippen LogP contribution in [0.3, 0.4) is 0 Å². The number of aromatic nitrogens is 1. The minimum Gasteiger partial charge on any atom is -0.379 e. The Morgan fingerprint density at radius 3 is 2.67 bits per heavy atom. The molecule has 1 fully saturated rings. The highest BCUT2D eigenvalue weighted by Crippen LogP contribution is 2.22. The summed E-state index contributed by atoms with van der Waals surface area (Å²) in [5.41, 5.74) is 1.20. The van der Waals surface area contributed by atoms with Crippen LogP contribution in [0.4, 0.5) is 0 Å². The molecule has 1 aliphatic heterocycles. The lowest BCUT2D eigenvalue weighted by molar-refractivity contribution is -0.00433. The van der Waals surface area contributed by atoms with Crippen molar-refractivity contribution in [2.24, 2.45) is 0 Å². The van der Waals surface area contributed by atoms with Gasteiger partial charge in [0.05, 0.1) is 18.8 Å². The first-order chi connectivity index (χ1) is 8.53. The van der Waals surface area contributed by atoms with E-state index in [4.69, 9.17) is 4.74 Å². The first kappa shape index (κ1) is 13.2. The van der Waals surface area contributed by atoms with E-state index in [-0.39, 0.29) is 5.78 Å². The van der Waals surface area contributed by atoms with Crippen molar-refractivity contribution in [2.45, 2.75) is 26.3 Å². The van der Waals surface area contributed by atoms with Gasteiger partial charge in [0.2, 0.25) is 0 Å². The Bertz CT molecular complexity index is 437. The van der Waals surface area contributed by atoms with Crippen LogP contribution in [0, 0.1) is 6.92 Å². The van der Waals surface area contributed by atoms with Crippen molar-refractivity contribution in [1.29, 1.82) is 0 Å². The molecule has 1 aliphatic rings. The van der Waals surface area contributed by atoms with E-state index in [1.54, 1.807) is 12.4 Å². The van der Waals surface area contributed by atoms with Gasteiger partial charge in [-0.2, -0.15) is 0 Å². The fourth-order valence-electron chi connectivity index (χ4n) is 2.30. The van der Waals surface area contributed by atoms with Gasteiger partial charge in [0.15, 0.2) is 5.78 Å². The number of aryl methyl sites for hydroxylation is 1. The van der Waals surface area contributed by atoms with Gasteiger partial charge in [-0.25, -0.2) is 0 Å². The number of hydrogen-bond acceptors (Lipinski definition) is 4. The Balaban J connectivity index is 2.24. The highest BCUT2D eigenvalue weighted by molar-refractivity contribution is 6.03. The molecule has 4 heteroatoms. The normalized spacial score (nSPS) is 17.7. The zero-order valence-electron chi connectivity index (χ0n) is 11.3. The van der Waals surface area contributed by atoms with Gasteiger partial charge in [0, 0.05) is 31.0 Å². The van der Waals surface area contributed by atoms with E-state index in [0.717, 1.165) is 18.7 Å². The van der Waals surface area contributed by atoms with E-state index in [1.165, 1.54) is 0 Å². The maximum absolute atomic E-state index is 12.7. The molecular formula is C14H20N2O2. The number of rotatable bonds is 3. The van der Waals surface area contributed by atoms with Crippen molar-refractivity contribution in [3.8, 4) is 0 Å². The largest absolute Gasteiger partial charge is 0.379 e. The van der Waals surface area contributed by atoms with Crippen LogP contribution in [0.1, 0.15) is 29.8 Å². The van der Waals surface area contributed by atoms with Crippen molar-refractivity contribution >= 4 is 5.78 Å². The lowest BCUT2D eigenvalue weighted by atomic mass is 9.90. The number of Topliss-reactive ketones (excluding diaryl/α,β-unsaturated/α-hetero) is 1. The van der Waals surface area contributed by atoms with E-state index in [2.05, 4.69) is 9.88 Å². The second kappa shape index (κ2) is 5.16. The summed E-state index contributed by atoms with van der Waals surface area (Å²) >= 11 is 0. The molecule has 98 valence electrons. The molecule has 0 saturated carbocycles. The topological polar surface area (TPSA) is 42.4 Å². The van der Waals surface area contributed by atoms with Crippen molar-refractivity contribution in [1.82, 2.24) is 9.88 Å². The molecular weight excluding hydrogens is 228 g/mol. The summed E-state index contributed by atoms with van der Waals surface area (Å²) < 4.78 is 5.34. The molecule has 0 unspecified atom stereocenters. The molecule has 0 atom stereocenters. The number of nitrogens with zero attached hydrogens (tertiary/aromatic N) is 2. The molecule has 2 heterocycles. The summed E-state index contributed by atoms with van der Waals surface area (Å²) in [4.78, 5) is 18.9. The SMILES string of the molecule is Cc1ccncc1C(=O)C(C)(C)N1CCOCC1. The smallest absolute Gasteiger partial charge is 0.184 e. The van der Waals surface area contributed by atoms with Crippen LogP contribution in [0.15, 0.2) is 18.5 Å². The van der Waals surface area contributed by atoms with E-state index < -0.39 is 5.54 Å². The van der Waals surface area contributed by atoms with Gasteiger partial charge in [-0.05, 0) is 32.4 Å². The number of ether oxygens (including phenoxy) is 1. The van der Waals surface area contributed by atoms with Crippen LogP contribution in [0.5, 0.6) is 0 Å². The van der Waals surface area contributed by atoms with Crippen LogP contribution in [-0.2, 0) is 4.74 Å². The molecule has 0 aromatic carbocycles. The van der Waals surface area contributed by atoms with Crippen LogP contribution in [-0.4, -0.2) is 47.5 Å². The molecule has 2 rings (SSSR count). The second-order valence-corrected chi connectivity index (χ2v) is 5.18. The van der Waals surface area contributed by atoms with Gasteiger partial charge in [-0.3, -0.25) is 14.7 Å². The highest BCUT2D eigenvalue weighted by atomic mass is 16.5. The minimum absolute atomic E-state index is 0.134. The molecule has 0 radical (unpaired) electrons. The van der Waals surface area contributed by atoms with Gasteiger partial charge in [0.1, 0.15) is 0 Å². The van der Waals surface area contributed by atoms with E-state index in [0.29, 0.717) is 18.8 Å². The summed E-state index contributed by atoms with van der Waals surface area (Å²) in [5, 5.41) is 0. The van der Waals surface area contributed by atoms with Crippen LogP contribution in [0.2, 0.25) is 0 Å². The predicted octanol–water partition coefficient (Wildman–Crippen LogP) is 1.68. The van der Waals surface area contributed by atoms with Crippen LogP contribution < -0.4 is 0 Å². The molecule has 4 nitrogen and oxygen atoms in total. The third-order valence-electron chi connectivity index (χ3n) is 3.64. The monoisotopic (exact) mass is 248 g/mol. The molecule has 0 N–H and O–H groups in total. The third-order valence-corrected chi connectivity index (χ3v) is 3.64. The first-order valence-electron chi connectivity index (χ1n) is 6.31. The quantitative estimate of drug-likeness (QED) is 0.763. The van der Waals surface area contributed by atoms with Crippen molar-refractivity contribution in [3.05, 3.63) is 29.6 Å². The summed E-state index contributed by atoms with van der Waals surface area (Å²) in [6.07, 6.45) is 3.38. The Kier molecular flexibility index (Phi) is 3.78. The van der Waals surface area contributed by atoms with E-state index in [9.17, 15) is 4.79 Å². The average molecular weight is 248 g/mol. The number of pyridine rings is 1. The third kappa shape index (κ3) is 2.44. The standard InChI is InChI=1S/C14H20N2O2/c1-11-4-5-15-10-12(11)13(17)14(2,3)16-6-8-18-9-7-16/h4-5,10H,6-9H2,1-3H3. The number of morpholine rings is 1. The average Bonchev–Trinajstić information content (AvgIpc) is 2.39. The van der Waals surface area contributed by atoms with E-state index >= 15 is 0 Å². The summed E-state index contributed by atoms with van der Waals surface area (Å²) in [6.45, 7) is 8.91. The van der Waals surface area contributed by atoms with Crippen LogP contribution >= 0.6 is 0 Å². The van der Waals surface area contributed by atoms with Crippen molar-refractivity contribution in [2.75, 3.05) is 26.3 Å². The lowest BCUT2D eigenvalue weighted by Gasteiger charge is -2.39. The zero-order chi connectivity index (χ0) is 13.2. The van der Waals surface area contributed by atoms with Gasteiger partial charge in [-0.15, -0.1) is 0 Å². The summed E-state index contributed by atoms with van der Waals surface area (Å²) in [7, 11) is 0. The van der Waals surface area contributed by atoms with Crippen molar-refractivity contribution < 1.29 is 9.53 Å². The Labute approximate surface area is 108 Å². The fraction of sp³-hybridized carbons (Fsp3) is 0.571. The summed E-state index contributed by atoms with van der Waals surface area (Å²) in [6, 6.07) is 1.88. The maximum Gasteiger partial charge on any atom is 0.184 e. The maximum atomic E-state index is 12.7. The van der Waals surface area contributed by atoms with Gasteiger partial charge in [-0.1, -0.05) is 0 Å². The van der Waals surface area contributed by atoms with E-state index in [1.807, 2.05) is 26.8 Å². The number of carbonyl (C=O) groups excluding carboxylic acids is 1. The van der Waals surface area contributed by atoms with Crippen molar-refractivity contribution in [3.63, 3.8) is 0 Å². The fourth-order valence-corrected chi connectivity index (χ4v) is 2.30. The zero-order valence-corrected chi connectivity index (χ0v) is 11.3. The first-order valence-corrected chi connectivity index (χ1v) is 6.31. The lowest BCUT2D eigenvalue weighted by Crippen LogP contribution is -2.54. The molecule has 0 bridgehead atoms. The molecule has 1 aromatic rings. The molecule has 18 heavy (non-hydrogen) atoms. The van der Waals surface area contributed by atoms with Gasteiger partial charge < -0.3 is 4.74 Å². The molecule has 1 aromatic heterocycles. The Hall–Kier alpha value is -1.26. The number of carbonyl (C=O) groups is 1. The second-order valence-electron chi connectivity index (χ2n) is 5.18. The predicted molar refractivity (Wildman–Crippen MR) is 69.8 cm³/mol. The Morgan fingerprint density at radius 1 is 1.39 bits per heavy atom. The van der Waals surface area contributed by atoms with Gasteiger partial charge in [0.25, 0.3) is 0 Å². The highest BCUT2D eigenvalue weighted by Gasteiger charge is 2.36. The van der Waals surface area contributed by atoms with Gasteiger partial charge >= 0.3 is 0 Å². The number of hydrogen-bond donors (Lipinski definition) is 0. The minimum atomic E-state index is -0.502. The molecule has 1 saturated heterocycles. The molecule has 0 amide bonds. The summed E-state index contributed by atoms with van der Waals surface area (Å²) in [5.74, 6) is 0.134. The molecule has 0 aliphatic carbocycles. The van der Waals surface area contributed by atoms with Crippen LogP contribution in [0.25, 0.3) is 0 Å². The Morgan fingerprint density at radius 2 is 2.06 bits per heavy atom. The molecule has 0 spiro atoms. The number of ketones is 1.